The van der Waals surface area contributed by atoms with Crippen LogP contribution in [0, 0.1) is 5.92 Å². The molecule has 1 fully saturated rings. The Morgan fingerprint density at radius 3 is 2.53 bits per heavy atom. The second-order valence-corrected chi connectivity index (χ2v) is 4.54. The highest BCUT2D eigenvalue weighted by atomic mass is 16.5. The molecule has 0 spiro atoms. The van der Waals surface area contributed by atoms with E-state index in [-0.39, 0.29) is 6.10 Å². The van der Waals surface area contributed by atoms with E-state index in [1.807, 2.05) is 6.07 Å². The molecule has 1 aliphatic carbocycles. The van der Waals surface area contributed by atoms with Crippen molar-refractivity contribution in [1.29, 1.82) is 0 Å². The Kier molecular flexibility index (Phi) is 3.79. The molecule has 1 atom stereocenters. The average molecular weight is 204 g/mol. The van der Waals surface area contributed by atoms with Crippen LogP contribution in [0.15, 0.2) is 30.3 Å². The van der Waals surface area contributed by atoms with Crippen molar-refractivity contribution in [3.63, 3.8) is 0 Å². The Balaban J connectivity index is 1.79. The fourth-order valence-electron chi connectivity index (χ4n) is 2.28. The highest BCUT2D eigenvalue weighted by molar-refractivity contribution is 5.16. The van der Waals surface area contributed by atoms with Gasteiger partial charge in [0.2, 0.25) is 0 Å². The first-order valence-corrected chi connectivity index (χ1v) is 6.03. The van der Waals surface area contributed by atoms with Crippen LogP contribution in [-0.2, 0) is 4.74 Å². The van der Waals surface area contributed by atoms with Crippen LogP contribution >= 0.6 is 0 Å². The summed E-state index contributed by atoms with van der Waals surface area (Å²) in [5, 5.41) is 0. The van der Waals surface area contributed by atoms with Crippen molar-refractivity contribution in [3.05, 3.63) is 35.9 Å². The summed E-state index contributed by atoms with van der Waals surface area (Å²) in [7, 11) is 0. The molecular formula is C14H20O. The molecule has 1 aliphatic rings. The molecule has 0 bridgehead atoms. The predicted molar refractivity (Wildman–Crippen MR) is 62.8 cm³/mol. The van der Waals surface area contributed by atoms with Gasteiger partial charge in [-0.05, 0) is 31.2 Å². The minimum absolute atomic E-state index is 0.242. The first kappa shape index (κ1) is 10.7. The topological polar surface area (TPSA) is 9.23 Å². The Hall–Kier alpha value is -0.820. The number of ether oxygens (including phenoxy) is 1. The van der Waals surface area contributed by atoms with Gasteiger partial charge in [0.05, 0.1) is 12.7 Å². The van der Waals surface area contributed by atoms with Crippen LogP contribution in [0.5, 0.6) is 0 Å². The third-order valence-electron chi connectivity index (χ3n) is 3.33. The van der Waals surface area contributed by atoms with Crippen LogP contribution in [0.1, 0.15) is 44.3 Å². The molecule has 2 rings (SSSR count). The van der Waals surface area contributed by atoms with Gasteiger partial charge < -0.3 is 4.74 Å². The van der Waals surface area contributed by atoms with E-state index in [9.17, 15) is 0 Å². The predicted octanol–water partition coefficient (Wildman–Crippen LogP) is 3.95. The summed E-state index contributed by atoms with van der Waals surface area (Å²) >= 11 is 0. The minimum Gasteiger partial charge on any atom is -0.374 e. The molecule has 1 aromatic rings. The number of rotatable bonds is 4. The minimum atomic E-state index is 0.242. The van der Waals surface area contributed by atoms with Gasteiger partial charge in [-0.3, -0.25) is 0 Å². The SMILES string of the molecule is CC(OCC1CCCC1)c1ccccc1. The molecule has 1 nitrogen and oxygen atoms in total. The number of hydrogen-bond acceptors (Lipinski definition) is 1. The molecule has 0 aliphatic heterocycles. The Bertz CT molecular complexity index is 275. The Morgan fingerprint density at radius 2 is 1.87 bits per heavy atom. The third-order valence-corrected chi connectivity index (χ3v) is 3.33. The molecule has 82 valence electrons. The highest BCUT2D eigenvalue weighted by Gasteiger charge is 2.16. The lowest BCUT2D eigenvalue weighted by Gasteiger charge is -2.16. The first-order chi connectivity index (χ1) is 7.36. The van der Waals surface area contributed by atoms with E-state index in [1.165, 1.54) is 31.2 Å². The molecule has 0 N–H and O–H groups in total. The van der Waals surface area contributed by atoms with Gasteiger partial charge >= 0.3 is 0 Å². The van der Waals surface area contributed by atoms with Gasteiger partial charge in [-0.1, -0.05) is 43.2 Å². The number of benzene rings is 1. The quantitative estimate of drug-likeness (QED) is 0.721. The molecule has 0 saturated heterocycles. The van der Waals surface area contributed by atoms with Crippen LogP contribution in [0.4, 0.5) is 0 Å². The molecule has 0 heterocycles. The van der Waals surface area contributed by atoms with Crippen molar-refractivity contribution in [2.75, 3.05) is 6.61 Å². The van der Waals surface area contributed by atoms with Gasteiger partial charge in [-0.15, -0.1) is 0 Å². The summed E-state index contributed by atoms with van der Waals surface area (Å²) in [6, 6.07) is 10.5. The zero-order chi connectivity index (χ0) is 10.5. The molecule has 15 heavy (non-hydrogen) atoms. The lowest BCUT2D eigenvalue weighted by atomic mass is 10.1. The van der Waals surface area contributed by atoms with Crippen LogP contribution < -0.4 is 0 Å². The van der Waals surface area contributed by atoms with E-state index in [2.05, 4.69) is 31.2 Å². The van der Waals surface area contributed by atoms with Crippen LogP contribution in [0.2, 0.25) is 0 Å². The van der Waals surface area contributed by atoms with Gasteiger partial charge in [0, 0.05) is 0 Å². The van der Waals surface area contributed by atoms with Gasteiger partial charge in [-0.25, -0.2) is 0 Å². The van der Waals surface area contributed by atoms with Crippen molar-refractivity contribution < 1.29 is 4.74 Å². The maximum absolute atomic E-state index is 5.91. The van der Waals surface area contributed by atoms with E-state index < -0.39 is 0 Å². The molecule has 0 radical (unpaired) electrons. The third kappa shape index (κ3) is 3.07. The summed E-state index contributed by atoms with van der Waals surface area (Å²) in [6.07, 6.45) is 5.76. The molecule has 0 amide bonds. The van der Waals surface area contributed by atoms with Gasteiger partial charge in [0.1, 0.15) is 0 Å². The van der Waals surface area contributed by atoms with Crippen molar-refractivity contribution in [2.45, 2.75) is 38.7 Å². The summed E-state index contributed by atoms with van der Waals surface area (Å²) in [5.74, 6) is 0.816. The second-order valence-electron chi connectivity index (χ2n) is 4.54. The zero-order valence-electron chi connectivity index (χ0n) is 9.49. The number of hydrogen-bond donors (Lipinski definition) is 0. The monoisotopic (exact) mass is 204 g/mol. The molecule has 0 aromatic heterocycles. The molecular weight excluding hydrogens is 184 g/mol. The van der Waals surface area contributed by atoms with Crippen LogP contribution in [0.3, 0.4) is 0 Å². The van der Waals surface area contributed by atoms with Crippen molar-refractivity contribution in [2.24, 2.45) is 5.92 Å². The fourth-order valence-corrected chi connectivity index (χ4v) is 2.28. The summed E-state index contributed by atoms with van der Waals surface area (Å²) in [4.78, 5) is 0. The molecule has 1 aromatic carbocycles. The summed E-state index contributed by atoms with van der Waals surface area (Å²) < 4.78 is 5.91. The largest absolute Gasteiger partial charge is 0.374 e. The van der Waals surface area contributed by atoms with Crippen molar-refractivity contribution in [1.82, 2.24) is 0 Å². The lowest BCUT2D eigenvalue weighted by molar-refractivity contribution is 0.0408. The summed E-state index contributed by atoms with van der Waals surface area (Å²) in [6.45, 7) is 3.08. The summed E-state index contributed by atoms with van der Waals surface area (Å²) in [5.41, 5.74) is 1.29. The smallest absolute Gasteiger partial charge is 0.0796 e. The maximum atomic E-state index is 5.91. The van der Waals surface area contributed by atoms with Crippen LogP contribution in [0.25, 0.3) is 0 Å². The van der Waals surface area contributed by atoms with Crippen LogP contribution in [-0.4, -0.2) is 6.61 Å². The second kappa shape index (κ2) is 5.32. The molecule has 1 heteroatoms. The molecule has 1 unspecified atom stereocenters. The van der Waals surface area contributed by atoms with E-state index in [0.717, 1.165) is 12.5 Å². The fraction of sp³-hybridized carbons (Fsp3) is 0.571. The van der Waals surface area contributed by atoms with Crippen molar-refractivity contribution in [3.8, 4) is 0 Å². The molecule has 1 saturated carbocycles. The maximum Gasteiger partial charge on any atom is 0.0796 e. The Morgan fingerprint density at radius 1 is 1.20 bits per heavy atom. The van der Waals surface area contributed by atoms with E-state index >= 15 is 0 Å². The first-order valence-electron chi connectivity index (χ1n) is 6.03. The standard InChI is InChI=1S/C14H20O/c1-12(14-9-3-2-4-10-14)15-11-13-7-5-6-8-13/h2-4,9-10,12-13H,5-8,11H2,1H3. The van der Waals surface area contributed by atoms with Gasteiger partial charge in [0.25, 0.3) is 0 Å². The van der Waals surface area contributed by atoms with E-state index in [4.69, 9.17) is 4.74 Å². The van der Waals surface area contributed by atoms with Gasteiger partial charge in [-0.2, -0.15) is 0 Å². The van der Waals surface area contributed by atoms with Crippen molar-refractivity contribution >= 4 is 0 Å². The zero-order valence-corrected chi connectivity index (χ0v) is 9.49. The highest BCUT2D eigenvalue weighted by Crippen LogP contribution is 2.27. The lowest BCUT2D eigenvalue weighted by Crippen LogP contribution is -2.08. The van der Waals surface area contributed by atoms with E-state index in [1.54, 1.807) is 0 Å². The van der Waals surface area contributed by atoms with E-state index in [0.29, 0.717) is 0 Å². The average Bonchev–Trinajstić information content (AvgIpc) is 2.80. The van der Waals surface area contributed by atoms with Gasteiger partial charge in [0.15, 0.2) is 0 Å². The normalized spacial score (nSPS) is 19.3. The Labute approximate surface area is 92.5 Å².